The standard InChI is InChI=1S/C13H15F2NO2/c1-3-8-16-12(13(17)18-4-2)11-9(14)6-5-7-10(11)15/h3,5-7,12,16H,1,4,8H2,2H3. The first-order chi connectivity index (χ1) is 8.61. The number of ether oxygens (including phenoxy) is 1. The molecule has 1 aromatic carbocycles. The molecule has 1 rings (SSSR count). The first kappa shape index (κ1) is 14.3. The van der Waals surface area contributed by atoms with Crippen molar-refractivity contribution in [3.05, 3.63) is 48.1 Å². The minimum Gasteiger partial charge on any atom is -0.465 e. The third-order valence-electron chi connectivity index (χ3n) is 2.28. The molecule has 1 aromatic rings. The van der Waals surface area contributed by atoms with E-state index in [0.717, 1.165) is 12.1 Å². The number of benzene rings is 1. The van der Waals surface area contributed by atoms with E-state index in [0.29, 0.717) is 0 Å². The van der Waals surface area contributed by atoms with Gasteiger partial charge in [-0.25, -0.2) is 13.6 Å². The maximum Gasteiger partial charge on any atom is 0.328 e. The summed E-state index contributed by atoms with van der Waals surface area (Å²) in [5.74, 6) is -2.29. The van der Waals surface area contributed by atoms with Gasteiger partial charge in [-0.1, -0.05) is 12.1 Å². The Bertz CT molecular complexity index is 415. The van der Waals surface area contributed by atoms with Crippen molar-refractivity contribution in [3.63, 3.8) is 0 Å². The van der Waals surface area contributed by atoms with Crippen molar-refractivity contribution in [1.82, 2.24) is 5.32 Å². The molecule has 0 heterocycles. The van der Waals surface area contributed by atoms with Gasteiger partial charge in [0.25, 0.3) is 0 Å². The van der Waals surface area contributed by atoms with E-state index < -0.39 is 23.6 Å². The van der Waals surface area contributed by atoms with Crippen LogP contribution in [-0.2, 0) is 9.53 Å². The normalized spacial score (nSPS) is 11.9. The lowest BCUT2D eigenvalue weighted by atomic mass is 10.1. The van der Waals surface area contributed by atoms with Gasteiger partial charge < -0.3 is 4.74 Å². The zero-order valence-electron chi connectivity index (χ0n) is 10.1. The molecule has 3 nitrogen and oxygen atoms in total. The van der Waals surface area contributed by atoms with Crippen LogP contribution in [0.15, 0.2) is 30.9 Å². The third-order valence-corrected chi connectivity index (χ3v) is 2.28. The summed E-state index contributed by atoms with van der Waals surface area (Å²) in [7, 11) is 0. The highest BCUT2D eigenvalue weighted by Crippen LogP contribution is 2.21. The molecule has 0 spiro atoms. The van der Waals surface area contributed by atoms with E-state index in [9.17, 15) is 13.6 Å². The van der Waals surface area contributed by atoms with Crippen LogP contribution >= 0.6 is 0 Å². The van der Waals surface area contributed by atoms with Crippen molar-refractivity contribution in [2.75, 3.05) is 13.2 Å². The second kappa shape index (κ2) is 6.86. The van der Waals surface area contributed by atoms with E-state index in [1.807, 2.05) is 0 Å². The second-order valence-electron chi connectivity index (χ2n) is 3.52. The molecule has 0 saturated heterocycles. The molecule has 0 aliphatic heterocycles. The summed E-state index contributed by atoms with van der Waals surface area (Å²) in [5.41, 5.74) is -0.335. The fourth-order valence-corrected chi connectivity index (χ4v) is 1.52. The van der Waals surface area contributed by atoms with Gasteiger partial charge in [-0.05, 0) is 19.1 Å². The van der Waals surface area contributed by atoms with Gasteiger partial charge in [-0.3, -0.25) is 5.32 Å². The molecule has 1 N–H and O–H groups in total. The number of esters is 1. The maximum atomic E-state index is 13.6. The molecule has 0 radical (unpaired) electrons. The smallest absolute Gasteiger partial charge is 0.328 e. The van der Waals surface area contributed by atoms with Crippen molar-refractivity contribution >= 4 is 5.97 Å². The summed E-state index contributed by atoms with van der Waals surface area (Å²) in [6.07, 6.45) is 1.49. The predicted octanol–water partition coefficient (Wildman–Crippen LogP) is 2.34. The molecule has 0 fully saturated rings. The van der Waals surface area contributed by atoms with Crippen molar-refractivity contribution < 1.29 is 18.3 Å². The number of nitrogens with one attached hydrogen (secondary N) is 1. The number of halogens is 2. The largest absolute Gasteiger partial charge is 0.465 e. The van der Waals surface area contributed by atoms with E-state index in [4.69, 9.17) is 4.74 Å². The molecule has 18 heavy (non-hydrogen) atoms. The van der Waals surface area contributed by atoms with Crippen LogP contribution in [0.3, 0.4) is 0 Å². The van der Waals surface area contributed by atoms with E-state index >= 15 is 0 Å². The predicted molar refractivity (Wildman–Crippen MR) is 63.9 cm³/mol. The fourth-order valence-electron chi connectivity index (χ4n) is 1.52. The Labute approximate surface area is 104 Å². The molecule has 0 bridgehead atoms. The highest BCUT2D eigenvalue weighted by Gasteiger charge is 2.27. The average molecular weight is 255 g/mol. The van der Waals surface area contributed by atoms with Crippen LogP contribution in [0.5, 0.6) is 0 Å². The molecular weight excluding hydrogens is 240 g/mol. The van der Waals surface area contributed by atoms with Crippen molar-refractivity contribution in [2.24, 2.45) is 0 Å². The average Bonchev–Trinajstić information content (AvgIpc) is 2.33. The summed E-state index contributed by atoms with van der Waals surface area (Å²) in [6, 6.07) is 2.26. The van der Waals surface area contributed by atoms with Crippen LogP contribution in [0.25, 0.3) is 0 Å². The minimum absolute atomic E-state index is 0.140. The Kier molecular flexibility index (Phi) is 5.45. The molecule has 1 atom stereocenters. The number of carbonyl (C=O) groups is 1. The Morgan fingerprint density at radius 2 is 2.11 bits per heavy atom. The summed E-state index contributed by atoms with van der Waals surface area (Å²) < 4.78 is 32.0. The molecule has 0 aliphatic carbocycles. The van der Waals surface area contributed by atoms with Crippen LogP contribution in [0, 0.1) is 11.6 Å². The van der Waals surface area contributed by atoms with Crippen molar-refractivity contribution in [3.8, 4) is 0 Å². The highest BCUT2D eigenvalue weighted by molar-refractivity contribution is 5.77. The molecule has 1 unspecified atom stereocenters. The van der Waals surface area contributed by atoms with Gasteiger partial charge >= 0.3 is 5.97 Å². The Morgan fingerprint density at radius 1 is 1.50 bits per heavy atom. The van der Waals surface area contributed by atoms with Gasteiger partial charge in [0, 0.05) is 6.54 Å². The Morgan fingerprint density at radius 3 is 2.61 bits per heavy atom. The minimum atomic E-state index is -1.18. The molecule has 0 amide bonds. The van der Waals surface area contributed by atoms with E-state index in [2.05, 4.69) is 11.9 Å². The summed E-state index contributed by atoms with van der Waals surface area (Å²) in [4.78, 5) is 11.7. The lowest BCUT2D eigenvalue weighted by molar-refractivity contribution is -0.146. The first-order valence-electron chi connectivity index (χ1n) is 5.56. The van der Waals surface area contributed by atoms with Gasteiger partial charge in [0.2, 0.25) is 0 Å². The van der Waals surface area contributed by atoms with Crippen molar-refractivity contribution in [2.45, 2.75) is 13.0 Å². The molecule has 0 aromatic heterocycles. The molecule has 0 aliphatic rings. The van der Waals surface area contributed by atoms with Crippen LogP contribution in [0.1, 0.15) is 18.5 Å². The number of hydrogen-bond acceptors (Lipinski definition) is 3. The van der Waals surface area contributed by atoms with Crippen molar-refractivity contribution in [1.29, 1.82) is 0 Å². The molecule has 5 heteroatoms. The van der Waals surface area contributed by atoms with Crippen LogP contribution in [0.4, 0.5) is 8.78 Å². The number of hydrogen-bond donors (Lipinski definition) is 1. The third kappa shape index (κ3) is 3.37. The van der Waals surface area contributed by atoms with E-state index in [1.54, 1.807) is 6.92 Å². The second-order valence-corrected chi connectivity index (χ2v) is 3.52. The molecule has 0 saturated carbocycles. The van der Waals surface area contributed by atoms with E-state index in [1.165, 1.54) is 12.1 Å². The molecule has 98 valence electrons. The summed E-state index contributed by atoms with van der Waals surface area (Å²) in [5, 5.41) is 2.68. The van der Waals surface area contributed by atoms with Gasteiger partial charge in [0.1, 0.15) is 17.7 Å². The van der Waals surface area contributed by atoms with Crippen LogP contribution in [0.2, 0.25) is 0 Å². The van der Waals surface area contributed by atoms with Gasteiger partial charge in [0.05, 0.1) is 12.2 Å². The monoisotopic (exact) mass is 255 g/mol. The Balaban J connectivity index is 3.08. The van der Waals surface area contributed by atoms with Gasteiger partial charge in [-0.15, -0.1) is 6.58 Å². The van der Waals surface area contributed by atoms with Gasteiger partial charge in [0.15, 0.2) is 0 Å². The highest BCUT2D eigenvalue weighted by atomic mass is 19.1. The lowest BCUT2D eigenvalue weighted by Crippen LogP contribution is -2.32. The lowest BCUT2D eigenvalue weighted by Gasteiger charge is -2.17. The SMILES string of the molecule is C=CCNC(C(=O)OCC)c1c(F)cccc1F. The topological polar surface area (TPSA) is 38.3 Å². The number of carbonyl (C=O) groups excluding carboxylic acids is 1. The van der Waals surface area contributed by atoms with E-state index in [-0.39, 0.29) is 18.7 Å². The Hall–Kier alpha value is -1.75. The number of rotatable bonds is 6. The fraction of sp³-hybridized carbons (Fsp3) is 0.308. The first-order valence-corrected chi connectivity index (χ1v) is 5.56. The zero-order chi connectivity index (χ0) is 13.5. The molecular formula is C13H15F2NO2. The van der Waals surface area contributed by atoms with Gasteiger partial charge in [-0.2, -0.15) is 0 Å². The summed E-state index contributed by atoms with van der Waals surface area (Å²) in [6.45, 7) is 5.47. The summed E-state index contributed by atoms with van der Waals surface area (Å²) >= 11 is 0. The van der Waals surface area contributed by atoms with Crippen LogP contribution < -0.4 is 5.32 Å². The van der Waals surface area contributed by atoms with Crippen LogP contribution in [-0.4, -0.2) is 19.1 Å². The maximum absolute atomic E-state index is 13.6. The quantitative estimate of drug-likeness (QED) is 0.626. The zero-order valence-corrected chi connectivity index (χ0v) is 10.1.